The summed E-state index contributed by atoms with van der Waals surface area (Å²) in [7, 11) is 0. The van der Waals surface area contributed by atoms with Gasteiger partial charge in [0.05, 0.1) is 11.0 Å². The van der Waals surface area contributed by atoms with Crippen molar-refractivity contribution in [3.63, 3.8) is 0 Å². The maximum atomic E-state index is 11.1. The van der Waals surface area contributed by atoms with Gasteiger partial charge < -0.3 is 5.32 Å². The van der Waals surface area contributed by atoms with Crippen LogP contribution < -0.4 is 5.32 Å². The fourth-order valence-electron chi connectivity index (χ4n) is 2.08. The predicted molar refractivity (Wildman–Crippen MR) is 83.9 cm³/mol. The van der Waals surface area contributed by atoms with Crippen molar-refractivity contribution in [2.75, 3.05) is 5.32 Å². The van der Waals surface area contributed by atoms with Crippen LogP contribution in [-0.2, 0) is 0 Å². The third-order valence-corrected chi connectivity index (χ3v) is 3.59. The van der Waals surface area contributed by atoms with Crippen molar-refractivity contribution < 1.29 is 4.92 Å². The van der Waals surface area contributed by atoms with Gasteiger partial charge in [0.25, 0.3) is 5.69 Å². The van der Waals surface area contributed by atoms with E-state index in [0.29, 0.717) is 5.69 Å². The minimum absolute atomic E-state index is 0.0456. The highest BCUT2D eigenvalue weighted by Crippen LogP contribution is 2.32. The monoisotopic (exact) mass is 334 g/mol. The molecule has 0 aliphatic heterocycles. The quantitative estimate of drug-likeness (QED) is 0.623. The molecule has 0 aromatic heterocycles. The molecule has 1 N–H and O–H groups in total. The molecule has 0 amide bonds. The van der Waals surface area contributed by atoms with Crippen LogP contribution in [0.4, 0.5) is 11.4 Å². The lowest BCUT2D eigenvalue weighted by molar-refractivity contribution is -0.384. The Morgan fingerprint density at radius 1 is 1.25 bits per heavy atom. The van der Waals surface area contributed by atoms with Crippen LogP contribution in [0.15, 0.2) is 53.0 Å². The number of hydrogen-bond donors (Lipinski definition) is 1. The van der Waals surface area contributed by atoms with Gasteiger partial charge >= 0.3 is 0 Å². The van der Waals surface area contributed by atoms with Gasteiger partial charge in [-0.05, 0) is 24.1 Å². The van der Waals surface area contributed by atoms with Crippen LogP contribution in [0, 0.1) is 10.1 Å². The Hall–Kier alpha value is -1.88. The first-order chi connectivity index (χ1) is 9.61. The molecule has 1 atom stereocenters. The van der Waals surface area contributed by atoms with E-state index in [-0.39, 0.29) is 16.7 Å². The molecule has 2 aromatic carbocycles. The first kappa shape index (κ1) is 14.5. The molecule has 0 heterocycles. The van der Waals surface area contributed by atoms with E-state index in [1.54, 1.807) is 12.1 Å². The topological polar surface area (TPSA) is 55.2 Å². The molecule has 0 radical (unpaired) electrons. The molecular formula is C15H15BrN2O2. The van der Waals surface area contributed by atoms with Crippen molar-refractivity contribution in [1.29, 1.82) is 0 Å². The van der Waals surface area contributed by atoms with Crippen LogP contribution in [0.25, 0.3) is 0 Å². The fourth-order valence-corrected chi connectivity index (χ4v) is 2.44. The number of benzene rings is 2. The van der Waals surface area contributed by atoms with Gasteiger partial charge in [-0.15, -0.1) is 0 Å². The van der Waals surface area contributed by atoms with E-state index < -0.39 is 0 Å². The third kappa shape index (κ3) is 3.36. The van der Waals surface area contributed by atoms with Gasteiger partial charge in [0.15, 0.2) is 0 Å². The van der Waals surface area contributed by atoms with Gasteiger partial charge in [0, 0.05) is 10.5 Å². The van der Waals surface area contributed by atoms with Gasteiger partial charge in [-0.1, -0.05) is 53.2 Å². The second kappa shape index (κ2) is 6.52. The van der Waals surface area contributed by atoms with Crippen molar-refractivity contribution in [3.8, 4) is 0 Å². The average Bonchev–Trinajstić information content (AvgIpc) is 2.45. The Morgan fingerprint density at radius 3 is 2.55 bits per heavy atom. The van der Waals surface area contributed by atoms with Gasteiger partial charge in [0.1, 0.15) is 5.69 Å². The molecule has 0 unspecified atom stereocenters. The fraction of sp³-hybridized carbons (Fsp3) is 0.200. The standard InChI is InChI=1S/C15H15BrN2O2/c1-2-13(11-6-4-3-5-7-11)17-14-10-12(16)8-9-15(14)18(19)20/h3-10,13,17H,2H2,1H3/t13-/m1/s1. The minimum Gasteiger partial charge on any atom is -0.373 e. The molecule has 0 fully saturated rings. The van der Waals surface area contributed by atoms with Crippen LogP contribution in [0.3, 0.4) is 0 Å². The number of nitrogens with one attached hydrogen (secondary N) is 1. The summed E-state index contributed by atoms with van der Waals surface area (Å²) in [6.07, 6.45) is 0.841. The Kier molecular flexibility index (Phi) is 4.74. The van der Waals surface area contributed by atoms with E-state index in [4.69, 9.17) is 0 Å². The molecule has 5 heteroatoms. The Balaban J connectivity index is 2.32. The van der Waals surface area contributed by atoms with E-state index in [1.165, 1.54) is 6.07 Å². The Morgan fingerprint density at radius 2 is 1.95 bits per heavy atom. The zero-order valence-electron chi connectivity index (χ0n) is 11.0. The summed E-state index contributed by atoms with van der Waals surface area (Å²) >= 11 is 3.35. The van der Waals surface area contributed by atoms with Crippen LogP contribution in [0.5, 0.6) is 0 Å². The van der Waals surface area contributed by atoms with Crippen molar-refractivity contribution in [3.05, 3.63) is 68.7 Å². The molecule has 0 spiro atoms. The van der Waals surface area contributed by atoms with Crippen molar-refractivity contribution >= 4 is 27.3 Å². The second-order valence-electron chi connectivity index (χ2n) is 4.43. The molecule has 0 aliphatic rings. The Labute approximate surface area is 126 Å². The summed E-state index contributed by atoms with van der Waals surface area (Å²) in [6, 6.07) is 14.9. The predicted octanol–water partition coefficient (Wildman–Crippen LogP) is 4.92. The van der Waals surface area contributed by atoms with E-state index in [0.717, 1.165) is 16.5 Å². The lowest BCUT2D eigenvalue weighted by Crippen LogP contribution is -2.11. The Bertz CT molecular complexity index is 602. The lowest BCUT2D eigenvalue weighted by atomic mass is 10.0. The molecule has 20 heavy (non-hydrogen) atoms. The smallest absolute Gasteiger partial charge is 0.292 e. The van der Waals surface area contributed by atoms with E-state index in [1.807, 2.05) is 30.3 Å². The first-order valence-electron chi connectivity index (χ1n) is 6.37. The molecule has 0 aliphatic carbocycles. The number of nitrogens with zero attached hydrogens (tertiary/aromatic N) is 1. The number of rotatable bonds is 5. The van der Waals surface area contributed by atoms with E-state index >= 15 is 0 Å². The number of anilines is 1. The van der Waals surface area contributed by atoms with Crippen molar-refractivity contribution in [2.24, 2.45) is 0 Å². The molecule has 2 aromatic rings. The highest BCUT2D eigenvalue weighted by molar-refractivity contribution is 9.10. The molecule has 0 bridgehead atoms. The summed E-state index contributed by atoms with van der Waals surface area (Å²) < 4.78 is 0.813. The highest BCUT2D eigenvalue weighted by Gasteiger charge is 2.17. The second-order valence-corrected chi connectivity index (χ2v) is 5.35. The first-order valence-corrected chi connectivity index (χ1v) is 7.16. The normalized spacial score (nSPS) is 11.9. The number of nitro benzene ring substituents is 1. The zero-order chi connectivity index (χ0) is 14.5. The molecule has 104 valence electrons. The van der Waals surface area contributed by atoms with Crippen LogP contribution in [0.2, 0.25) is 0 Å². The van der Waals surface area contributed by atoms with Crippen molar-refractivity contribution in [2.45, 2.75) is 19.4 Å². The average molecular weight is 335 g/mol. The van der Waals surface area contributed by atoms with Gasteiger partial charge in [-0.25, -0.2) is 0 Å². The lowest BCUT2D eigenvalue weighted by Gasteiger charge is -2.18. The summed E-state index contributed by atoms with van der Waals surface area (Å²) in [4.78, 5) is 10.7. The van der Waals surface area contributed by atoms with Gasteiger partial charge in [-0.3, -0.25) is 10.1 Å². The number of halogens is 1. The maximum absolute atomic E-state index is 11.1. The van der Waals surface area contributed by atoms with E-state index in [2.05, 4.69) is 28.2 Å². The molecule has 4 nitrogen and oxygen atoms in total. The molecule has 2 rings (SSSR count). The summed E-state index contributed by atoms with van der Waals surface area (Å²) in [5, 5.41) is 14.4. The number of nitro groups is 1. The summed E-state index contributed by atoms with van der Waals surface area (Å²) in [5.74, 6) is 0. The van der Waals surface area contributed by atoms with Crippen LogP contribution >= 0.6 is 15.9 Å². The molecule has 0 saturated heterocycles. The third-order valence-electron chi connectivity index (χ3n) is 3.10. The largest absolute Gasteiger partial charge is 0.373 e. The molecule has 0 saturated carbocycles. The summed E-state index contributed by atoms with van der Waals surface area (Å²) in [6.45, 7) is 2.05. The molecular weight excluding hydrogens is 320 g/mol. The maximum Gasteiger partial charge on any atom is 0.292 e. The van der Waals surface area contributed by atoms with Crippen LogP contribution in [-0.4, -0.2) is 4.92 Å². The van der Waals surface area contributed by atoms with Gasteiger partial charge in [-0.2, -0.15) is 0 Å². The highest BCUT2D eigenvalue weighted by atomic mass is 79.9. The van der Waals surface area contributed by atoms with Crippen molar-refractivity contribution in [1.82, 2.24) is 0 Å². The zero-order valence-corrected chi connectivity index (χ0v) is 12.6. The van der Waals surface area contributed by atoms with E-state index in [9.17, 15) is 10.1 Å². The SMILES string of the molecule is CC[C@@H](Nc1cc(Br)ccc1[N+](=O)[O-])c1ccccc1. The summed E-state index contributed by atoms with van der Waals surface area (Å²) in [5.41, 5.74) is 1.73. The minimum atomic E-state index is -0.369. The van der Waals surface area contributed by atoms with Crippen LogP contribution in [0.1, 0.15) is 24.9 Å². The number of hydrogen-bond acceptors (Lipinski definition) is 3. The van der Waals surface area contributed by atoms with Gasteiger partial charge in [0.2, 0.25) is 0 Å².